The summed E-state index contributed by atoms with van der Waals surface area (Å²) in [5.41, 5.74) is 0. The molecule has 0 aliphatic heterocycles. The first-order chi connectivity index (χ1) is 5.34. The Kier molecular flexibility index (Phi) is 3.77. The molecule has 0 atom stereocenters. The number of rotatable bonds is 2. The summed E-state index contributed by atoms with van der Waals surface area (Å²) in [6.07, 6.45) is 7.49. The molecule has 0 radical (unpaired) electrons. The smallest absolute Gasteiger partial charge is 0.320 e. The van der Waals surface area contributed by atoms with E-state index in [2.05, 4.69) is 0 Å². The highest BCUT2D eigenvalue weighted by Crippen LogP contribution is 2.25. The minimum atomic E-state index is -0.0165. The molecule has 0 unspecified atom stereocenters. The van der Waals surface area contributed by atoms with Gasteiger partial charge in [-0.25, -0.2) is 0 Å². The normalized spacial score (nSPS) is 19.7. The molecule has 0 spiro atoms. The molecule has 0 aromatic carbocycles. The van der Waals surface area contributed by atoms with Gasteiger partial charge in [0.05, 0.1) is 18.0 Å². The first-order valence-electron chi connectivity index (χ1n) is 4.09. The van der Waals surface area contributed by atoms with Gasteiger partial charge in [0.1, 0.15) is 0 Å². The lowest BCUT2D eigenvalue weighted by Gasteiger charge is -2.18. The van der Waals surface area contributed by atoms with Crippen molar-refractivity contribution in [2.45, 2.75) is 32.1 Å². The minimum absolute atomic E-state index is 0.0165. The van der Waals surface area contributed by atoms with Crippen LogP contribution >= 0.6 is 12.0 Å². The number of hydrogen-bond donors (Lipinski definition) is 0. The van der Waals surface area contributed by atoms with Crippen LogP contribution in [0.4, 0.5) is 0 Å². The predicted molar refractivity (Wildman–Crippen MR) is 46.2 cm³/mol. The molecule has 0 bridgehead atoms. The van der Waals surface area contributed by atoms with Gasteiger partial charge in [-0.1, -0.05) is 19.3 Å². The van der Waals surface area contributed by atoms with Crippen molar-refractivity contribution in [3.63, 3.8) is 0 Å². The molecule has 1 fully saturated rings. The van der Waals surface area contributed by atoms with Gasteiger partial charge in [-0.2, -0.15) is 0 Å². The zero-order valence-electron chi connectivity index (χ0n) is 6.84. The third kappa shape index (κ3) is 2.73. The molecule has 0 saturated heterocycles. The van der Waals surface area contributed by atoms with Crippen LogP contribution in [0.1, 0.15) is 32.1 Å². The fourth-order valence-corrected chi connectivity index (χ4v) is 1.79. The van der Waals surface area contributed by atoms with Crippen molar-refractivity contribution in [3.8, 4) is 0 Å². The van der Waals surface area contributed by atoms with Crippen molar-refractivity contribution < 1.29 is 8.98 Å². The van der Waals surface area contributed by atoms with E-state index in [1.807, 2.05) is 0 Å². The van der Waals surface area contributed by atoms with Crippen molar-refractivity contribution in [1.82, 2.24) is 0 Å². The Morgan fingerprint density at radius 2 is 2.00 bits per heavy atom. The van der Waals surface area contributed by atoms with Gasteiger partial charge in [0.25, 0.3) is 0 Å². The summed E-state index contributed by atoms with van der Waals surface area (Å²) < 4.78 is 4.86. The molecule has 0 heterocycles. The average molecular weight is 174 g/mol. The largest absolute Gasteiger partial charge is 0.391 e. The number of carbonyl (C=O) groups is 1. The lowest BCUT2D eigenvalue weighted by atomic mass is 9.90. The van der Waals surface area contributed by atoms with Gasteiger partial charge >= 0.3 is 5.97 Å². The zero-order valence-corrected chi connectivity index (χ0v) is 7.65. The third-order valence-electron chi connectivity index (χ3n) is 2.10. The topological polar surface area (TPSA) is 26.3 Å². The third-order valence-corrected chi connectivity index (χ3v) is 2.43. The highest BCUT2D eigenvalue weighted by Gasteiger charge is 2.22. The summed E-state index contributed by atoms with van der Waals surface area (Å²) in [5, 5.41) is 0. The summed E-state index contributed by atoms with van der Waals surface area (Å²) in [6.45, 7) is 0. The van der Waals surface area contributed by atoms with Gasteiger partial charge in [0, 0.05) is 6.26 Å². The maximum atomic E-state index is 11.2. The summed E-state index contributed by atoms with van der Waals surface area (Å²) >= 11 is 1.15. The average Bonchev–Trinajstić information content (AvgIpc) is 2.07. The fourth-order valence-electron chi connectivity index (χ4n) is 1.49. The molecule has 0 aromatic heterocycles. The van der Waals surface area contributed by atoms with E-state index in [1.54, 1.807) is 6.26 Å². The first-order valence-corrected chi connectivity index (χ1v) is 5.24. The monoisotopic (exact) mass is 174 g/mol. The van der Waals surface area contributed by atoms with Crippen LogP contribution in [0.2, 0.25) is 0 Å². The molecule has 1 saturated carbocycles. The Balaban J connectivity index is 2.27. The van der Waals surface area contributed by atoms with Crippen molar-refractivity contribution in [1.29, 1.82) is 0 Å². The molecule has 0 aromatic rings. The molecule has 1 rings (SSSR count). The summed E-state index contributed by atoms with van der Waals surface area (Å²) in [6, 6.07) is 0. The van der Waals surface area contributed by atoms with Crippen LogP contribution in [-0.4, -0.2) is 12.2 Å². The maximum Gasteiger partial charge on any atom is 0.320 e. The van der Waals surface area contributed by atoms with Gasteiger partial charge in [0.2, 0.25) is 0 Å². The molecular weight excluding hydrogens is 160 g/mol. The highest BCUT2D eigenvalue weighted by molar-refractivity contribution is 7.94. The Hall–Kier alpha value is -0.180. The molecule has 64 valence electrons. The summed E-state index contributed by atoms with van der Waals surface area (Å²) in [5.74, 6) is 0.174. The van der Waals surface area contributed by atoms with Crippen LogP contribution in [0.3, 0.4) is 0 Å². The second-order valence-electron chi connectivity index (χ2n) is 2.90. The van der Waals surface area contributed by atoms with Gasteiger partial charge in [0.15, 0.2) is 0 Å². The maximum absolute atomic E-state index is 11.2. The fraction of sp³-hybridized carbons (Fsp3) is 0.875. The van der Waals surface area contributed by atoms with Gasteiger partial charge < -0.3 is 4.18 Å². The second kappa shape index (κ2) is 4.65. The Morgan fingerprint density at radius 3 is 2.55 bits per heavy atom. The molecule has 11 heavy (non-hydrogen) atoms. The standard InChI is InChI=1S/C8H14O2S/c1-11-10-8(9)7-5-3-2-4-6-7/h7H,2-6H2,1H3. The van der Waals surface area contributed by atoms with E-state index in [9.17, 15) is 4.79 Å². The molecule has 3 heteroatoms. The van der Waals surface area contributed by atoms with E-state index in [0.717, 1.165) is 24.9 Å². The lowest BCUT2D eigenvalue weighted by molar-refractivity contribution is -0.138. The Labute approximate surface area is 71.9 Å². The SMILES string of the molecule is CSOC(=O)C1CCCCC1. The molecule has 1 aliphatic carbocycles. The summed E-state index contributed by atoms with van der Waals surface area (Å²) in [7, 11) is 0. The molecule has 0 N–H and O–H groups in total. The quantitative estimate of drug-likeness (QED) is 0.601. The van der Waals surface area contributed by atoms with Crippen LogP contribution in [0.25, 0.3) is 0 Å². The Morgan fingerprint density at radius 1 is 1.36 bits per heavy atom. The second-order valence-corrected chi connectivity index (χ2v) is 3.40. The van der Waals surface area contributed by atoms with Gasteiger partial charge in [-0.15, -0.1) is 0 Å². The predicted octanol–water partition coefficient (Wildman–Crippen LogP) is 2.39. The first kappa shape index (κ1) is 8.91. The zero-order chi connectivity index (χ0) is 8.10. The van der Waals surface area contributed by atoms with Crippen LogP contribution in [0.5, 0.6) is 0 Å². The van der Waals surface area contributed by atoms with Gasteiger partial charge in [-0.05, 0) is 12.8 Å². The van der Waals surface area contributed by atoms with Crippen molar-refractivity contribution in [3.05, 3.63) is 0 Å². The van der Waals surface area contributed by atoms with E-state index in [4.69, 9.17) is 4.18 Å². The van der Waals surface area contributed by atoms with Crippen LogP contribution in [0, 0.1) is 5.92 Å². The van der Waals surface area contributed by atoms with Crippen molar-refractivity contribution in [2.75, 3.05) is 6.26 Å². The summed E-state index contributed by atoms with van der Waals surface area (Å²) in [4.78, 5) is 11.2. The van der Waals surface area contributed by atoms with E-state index in [1.165, 1.54) is 19.3 Å². The van der Waals surface area contributed by atoms with E-state index in [0.29, 0.717) is 0 Å². The molecule has 2 nitrogen and oxygen atoms in total. The molecule has 0 amide bonds. The van der Waals surface area contributed by atoms with Crippen molar-refractivity contribution >= 4 is 18.0 Å². The molecular formula is C8H14O2S. The number of carbonyl (C=O) groups excluding carboxylic acids is 1. The lowest BCUT2D eigenvalue weighted by Crippen LogP contribution is -2.17. The van der Waals surface area contributed by atoms with Crippen LogP contribution < -0.4 is 0 Å². The van der Waals surface area contributed by atoms with Crippen LogP contribution in [0.15, 0.2) is 0 Å². The molecule has 1 aliphatic rings. The Bertz CT molecular complexity index is 130. The highest BCUT2D eigenvalue weighted by atomic mass is 32.2. The van der Waals surface area contributed by atoms with Crippen LogP contribution in [-0.2, 0) is 8.98 Å². The van der Waals surface area contributed by atoms with E-state index in [-0.39, 0.29) is 11.9 Å². The number of hydrogen-bond acceptors (Lipinski definition) is 3. The van der Waals surface area contributed by atoms with Gasteiger partial charge in [-0.3, -0.25) is 4.79 Å². The minimum Gasteiger partial charge on any atom is -0.391 e. The van der Waals surface area contributed by atoms with E-state index >= 15 is 0 Å². The van der Waals surface area contributed by atoms with Crippen molar-refractivity contribution in [2.24, 2.45) is 5.92 Å². The van der Waals surface area contributed by atoms with E-state index < -0.39 is 0 Å².